The highest BCUT2D eigenvalue weighted by atomic mass is 16.5. The molecule has 1 atom stereocenters. The Morgan fingerprint density at radius 1 is 1.13 bits per heavy atom. The molecule has 1 aliphatic carbocycles. The maximum atomic E-state index is 13.3. The standard InChI is InChI=1S/C25H26N4O2/c1-15-6-5-7-17(12-15)23-27-24-26-19-13-25(2,3)14-20(30)21(19)22(29(24)28-23)16-8-10-18(31-4)11-9-16/h5-12,22H,13-14H2,1-4H3,(H,26,27,28)/t22-/m0/s1. The van der Waals surface area contributed by atoms with Gasteiger partial charge in [0.15, 0.2) is 11.6 Å². The summed E-state index contributed by atoms with van der Waals surface area (Å²) in [7, 11) is 1.65. The minimum Gasteiger partial charge on any atom is -0.497 e. The Labute approximate surface area is 182 Å². The van der Waals surface area contributed by atoms with E-state index in [0.717, 1.165) is 40.1 Å². The third-order valence-electron chi connectivity index (χ3n) is 6.04. The Morgan fingerprint density at radius 3 is 2.61 bits per heavy atom. The van der Waals surface area contributed by atoms with Gasteiger partial charge in [-0.2, -0.15) is 4.98 Å². The van der Waals surface area contributed by atoms with Crippen LogP contribution in [0.25, 0.3) is 11.4 Å². The normalized spacial score (nSPS) is 19.5. The number of allylic oxidation sites excluding steroid dienone is 2. The second-order valence-electron chi connectivity index (χ2n) is 9.21. The number of aryl methyl sites for hydroxylation is 1. The molecular weight excluding hydrogens is 388 g/mol. The average Bonchev–Trinajstić information content (AvgIpc) is 3.15. The van der Waals surface area contributed by atoms with Crippen molar-refractivity contribution in [2.45, 2.75) is 39.7 Å². The van der Waals surface area contributed by atoms with Gasteiger partial charge >= 0.3 is 0 Å². The van der Waals surface area contributed by atoms with Crippen molar-refractivity contribution < 1.29 is 9.53 Å². The number of methoxy groups -OCH3 is 1. The third-order valence-corrected chi connectivity index (χ3v) is 6.04. The number of ketones is 1. The molecule has 2 aromatic carbocycles. The monoisotopic (exact) mass is 414 g/mol. The molecule has 5 rings (SSSR count). The zero-order chi connectivity index (χ0) is 21.8. The molecule has 3 aromatic rings. The van der Waals surface area contributed by atoms with Crippen molar-refractivity contribution >= 4 is 11.7 Å². The SMILES string of the molecule is COc1ccc([C@H]2C3=C(CC(C)(C)CC3=O)Nc3nc(-c4cccc(C)c4)nn32)cc1. The highest BCUT2D eigenvalue weighted by molar-refractivity contribution is 6.00. The molecule has 0 amide bonds. The molecule has 0 spiro atoms. The summed E-state index contributed by atoms with van der Waals surface area (Å²) in [6, 6.07) is 15.7. The summed E-state index contributed by atoms with van der Waals surface area (Å²) in [6.45, 7) is 6.32. The van der Waals surface area contributed by atoms with Gasteiger partial charge in [0.05, 0.1) is 7.11 Å². The lowest BCUT2D eigenvalue weighted by molar-refractivity contribution is -0.118. The number of fused-ring (bicyclic) bond motifs is 1. The van der Waals surface area contributed by atoms with Crippen molar-refractivity contribution in [2.24, 2.45) is 5.41 Å². The van der Waals surface area contributed by atoms with Gasteiger partial charge in [-0.05, 0) is 42.5 Å². The van der Waals surface area contributed by atoms with Gasteiger partial charge in [-0.1, -0.05) is 49.7 Å². The lowest BCUT2D eigenvalue weighted by atomic mass is 9.73. The first-order valence-corrected chi connectivity index (χ1v) is 10.6. The van der Waals surface area contributed by atoms with Gasteiger partial charge in [0, 0.05) is 23.3 Å². The summed E-state index contributed by atoms with van der Waals surface area (Å²) in [6.07, 6.45) is 1.32. The predicted octanol–water partition coefficient (Wildman–Crippen LogP) is 4.92. The van der Waals surface area contributed by atoms with Crippen LogP contribution in [-0.2, 0) is 4.79 Å². The minimum atomic E-state index is -0.313. The summed E-state index contributed by atoms with van der Waals surface area (Å²) in [5.41, 5.74) is 4.76. The van der Waals surface area contributed by atoms with Crippen molar-refractivity contribution in [3.63, 3.8) is 0 Å². The smallest absolute Gasteiger partial charge is 0.226 e. The number of hydrogen-bond donors (Lipinski definition) is 1. The van der Waals surface area contributed by atoms with Crippen LogP contribution in [0.3, 0.4) is 0 Å². The fourth-order valence-electron chi connectivity index (χ4n) is 4.61. The number of ether oxygens (including phenoxy) is 1. The summed E-state index contributed by atoms with van der Waals surface area (Å²) < 4.78 is 7.18. The lowest BCUT2D eigenvalue weighted by Gasteiger charge is -2.38. The van der Waals surface area contributed by atoms with Crippen LogP contribution in [0.15, 0.2) is 59.8 Å². The first kappa shape index (κ1) is 19.5. The van der Waals surface area contributed by atoms with Crippen LogP contribution in [0.5, 0.6) is 5.75 Å². The summed E-state index contributed by atoms with van der Waals surface area (Å²) in [5.74, 6) is 2.26. The second-order valence-corrected chi connectivity index (χ2v) is 9.21. The number of rotatable bonds is 3. The molecule has 6 nitrogen and oxygen atoms in total. The maximum absolute atomic E-state index is 13.3. The van der Waals surface area contributed by atoms with E-state index in [4.69, 9.17) is 14.8 Å². The molecule has 31 heavy (non-hydrogen) atoms. The van der Waals surface area contributed by atoms with E-state index >= 15 is 0 Å². The number of anilines is 1. The number of nitrogens with zero attached hydrogens (tertiary/aromatic N) is 3. The zero-order valence-corrected chi connectivity index (χ0v) is 18.3. The predicted molar refractivity (Wildman–Crippen MR) is 120 cm³/mol. The molecule has 158 valence electrons. The molecule has 2 aliphatic rings. The summed E-state index contributed by atoms with van der Waals surface area (Å²) >= 11 is 0. The molecule has 1 aromatic heterocycles. The van der Waals surface area contributed by atoms with Gasteiger partial charge in [0.25, 0.3) is 0 Å². The van der Waals surface area contributed by atoms with E-state index in [0.29, 0.717) is 18.2 Å². The number of hydrogen-bond acceptors (Lipinski definition) is 5. The Hall–Kier alpha value is -3.41. The fourth-order valence-corrected chi connectivity index (χ4v) is 4.61. The molecule has 0 saturated heterocycles. The number of carbonyl (C=O) groups is 1. The lowest BCUT2D eigenvalue weighted by Crippen LogP contribution is -2.36. The summed E-state index contributed by atoms with van der Waals surface area (Å²) in [5, 5.41) is 8.29. The van der Waals surface area contributed by atoms with E-state index in [-0.39, 0.29) is 17.2 Å². The zero-order valence-electron chi connectivity index (χ0n) is 18.3. The Balaban J connectivity index is 1.67. The van der Waals surface area contributed by atoms with Crippen LogP contribution in [0.1, 0.15) is 43.9 Å². The van der Waals surface area contributed by atoms with E-state index in [1.165, 1.54) is 0 Å². The van der Waals surface area contributed by atoms with Crippen molar-refractivity contribution in [3.05, 3.63) is 70.9 Å². The molecule has 0 saturated carbocycles. The molecule has 1 N–H and O–H groups in total. The van der Waals surface area contributed by atoms with Crippen molar-refractivity contribution in [3.8, 4) is 17.1 Å². The van der Waals surface area contributed by atoms with Crippen LogP contribution < -0.4 is 10.1 Å². The van der Waals surface area contributed by atoms with E-state index in [2.05, 4.69) is 38.2 Å². The van der Waals surface area contributed by atoms with Gasteiger partial charge in [0.1, 0.15) is 11.8 Å². The highest BCUT2D eigenvalue weighted by Crippen LogP contribution is 2.45. The third kappa shape index (κ3) is 3.42. The highest BCUT2D eigenvalue weighted by Gasteiger charge is 2.41. The van der Waals surface area contributed by atoms with Crippen molar-refractivity contribution in [2.75, 3.05) is 12.4 Å². The molecule has 1 aliphatic heterocycles. The van der Waals surface area contributed by atoms with Crippen LogP contribution in [-0.4, -0.2) is 27.7 Å². The number of carbonyl (C=O) groups excluding carboxylic acids is 1. The number of nitrogens with one attached hydrogen (secondary N) is 1. The van der Waals surface area contributed by atoms with Gasteiger partial charge in [-0.15, -0.1) is 5.10 Å². The quantitative estimate of drug-likeness (QED) is 0.659. The molecule has 2 heterocycles. The van der Waals surface area contributed by atoms with Crippen molar-refractivity contribution in [1.29, 1.82) is 0 Å². The molecule has 0 unspecified atom stereocenters. The fraction of sp³-hybridized carbons (Fsp3) is 0.320. The van der Waals surface area contributed by atoms with Gasteiger partial charge in [-0.25, -0.2) is 4.68 Å². The second kappa shape index (κ2) is 7.08. The summed E-state index contributed by atoms with van der Waals surface area (Å²) in [4.78, 5) is 18.1. The van der Waals surface area contributed by atoms with Crippen LogP contribution in [0.2, 0.25) is 0 Å². The number of benzene rings is 2. The average molecular weight is 415 g/mol. The minimum absolute atomic E-state index is 0.0884. The Bertz CT molecular complexity index is 1200. The number of Topliss-reactive ketones (excluding diaryl/α,β-unsaturated/α-hetero) is 1. The molecule has 0 fully saturated rings. The first-order valence-electron chi connectivity index (χ1n) is 10.6. The van der Waals surface area contributed by atoms with Crippen LogP contribution >= 0.6 is 0 Å². The molecule has 6 heteroatoms. The van der Waals surface area contributed by atoms with E-state index in [1.54, 1.807) is 7.11 Å². The number of aromatic nitrogens is 3. The molecule has 0 radical (unpaired) electrons. The topological polar surface area (TPSA) is 69.0 Å². The van der Waals surface area contributed by atoms with E-state index in [9.17, 15) is 4.79 Å². The Kier molecular flexibility index (Phi) is 4.46. The van der Waals surface area contributed by atoms with Crippen LogP contribution in [0, 0.1) is 12.3 Å². The van der Waals surface area contributed by atoms with E-state index < -0.39 is 0 Å². The first-order chi connectivity index (χ1) is 14.8. The van der Waals surface area contributed by atoms with Gasteiger partial charge in [0.2, 0.25) is 5.95 Å². The molecular formula is C25H26N4O2. The van der Waals surface area contributed by atoms with Crippen LogP contribution in [0.4, 0.5) is 5.95 Å². The maximum Gasteiger partial charge on any atom is 0.226 e. The molecule has 0 bridgehead atoms. The van der Waals surface area contributed by atoms with Gasteiger partial charge < -0.3 is 10.1 Å². The van der Waals surface area contributed by atoms with Gasteiger partial charge in [-0.3, -0.25) is 4.79 Å². The van der Waals surface area contributed by atoms with E-state index in [1.807, 2.05) is 41.1 Å². The largest absolute Gasteiger partial charge is 0.497 e. The van der Waals surface area contributed by atoms with Crippen molar-refractivity contribution in [1.82, 2.24) is 14.8 Å². The Morgan fingerprint density at radius 2 is 1.90 bits per heavy atom.